The first-order valence-corrected chi connectivity index (χ1v) is 5.24. The Balaban J connectivity index is 2.46. The molecule has 0 amide bonds. The lowest BCUT2D eigenvalue weighted by Crippen LogP contribution is -2.19. The smallest absolute Gasteiger partial charge is 0.153 e. The van der Waals surface area contributed by atoms with Crippen molar-refractivity contribution >= 4 is 17.4 Å². The summed E-state index contributed by atoms with van der Waals surface area (Å²) in [4.78, 5) is 15.7. The molecule has 0 saturated heterocycles. The van der Waals surface area contributed by atoms with Gasteiger partial charge in [0.15, 0.2) is 5.78 Å². The number of hydrogen-bond donors (Lipinski definition) is 0. The second-order valence-corrected chi connectivity index (χ2v) is 4.34. The summed E-state index contributed by atoms with van der Waals surface area (Å²) < 4.78 is 1.84. The minimum absolute atomic E-state index is 0.243. The molecule has 0 fully saturated rings. The zero-order chi connectivity index (χ0) is 10.3. The summed E-state index contributed by atoms with van der Waals surface area (Å²) in [6, 6.07) is 0. The molecule has 2 heterocycles. The van der Waals surface area contributed by atoms with Gasteiger partial charge in [-0.3, -0.25) is 4.79 Å². The van der Waals surface area contributed by atoms with Gasteiger partial charge in [-0.05, 0) is 5.92 Å². The van der Waals surface area contributed by atoms with Gasteiger partial charge in [-0.1, -0.05) is 25.4 Å². The molecular weight excluding hydrogens is 200 g/mol. The van der Waals surface area contributed by atoms with Crippen molar-refractivity contribution in [2.75, 3.05) is 0 Å². The molecule has 1 aliphatic rings. The second kappa shape index (κ2) is 3.39. The maximum atomic E-state index is 11.2. The highest BCUT2D eigenvalue weighted by Crippen LogP contribution is 2.27. The summed E-state index contributed by atoms with van der Waals surface area (Å²) in [6.07, 6.45) is 1.33. The van der Waals surface area contributed by atoms with E-state index in [2.05, 4.69) is 18.8 Å². The zero-order valence-corrected chi connectivity index (χ0v) is 9.14. The molecule has 1 aliphatic heterocycles. The summed E-state index contributed by atoms with van der Waals surface area (Å²) in [5, 5.41) is 0.642. The fourth-order valence-electron chi connectivity index (χ4n) is 1.72. The predicted octanol–water partition coefficient (Wildman–Crippen LogP) is 2.18. The van der Waals surface area contributed by atoms with E-state index < -0.39 is 0 Å². The molecule has 3 nitrogen and oxygen atoms in total. The van der Waals surface area contributed by atoms with Gasteiger partial charge >= 0.3 is 0 Å². The lowest BCUT2D eigenvalue weighted by molar-refractivity contribution is -0.120. The first-order chi connectivity index (χ1) is 6.59. The van der Waals surface area contributed by atoms with E-state index in [0.717, 1.165) is 17.9 Å². The van der Waals surface area contributed by atoms with Crippen molar-refractivity contribution in [2.45, 2.75) is 39.2 Å². The molecule has 0 atom stereocenters. The van der Waals surface area contributed by atoms with Crippen LogP contribution >= 0.6 is 11.6 Å². The molecule has 1 aromatic rings. The minimum atomic E-state index is 0.243. The maximum absolute atomic E-state index is 11.2. The first kappa shape index (κ1) is 9.71. The van der Waals surface area contributed by atoms with Crippen LogP contribution in [-0.2, 0) is 17.8 Å². The lowest BCUT2D eigenvalue weighted by atomic mass is 10.1. The zero-order valence-electron chi connectivity index (χ0n) is 8.38. The third-order valence-corrected chi connectivity index (χ3v) is 2.92. The number of Topliss-reactive ketones (excluding diaryl/α,β-unsaturated/α-hetero) is 1. The van der Waals surface area contributed by atoms with E-state index in [4.69, 9.17) is 11.6 Å². The van der Waals surface area contributed by atoms with Crippen LogP contribution in [0.1, 0.15) is 37.7 Å². The molecule has 0 spiro atoms. The second-order valence-electron chi connectivity index (χ2n) is 3.98. The van der Waals surface area contributed by atoms with E-state index in [1.807, 2.05) is 4.57 Å². The van der Waals surface area contributed by atoms with Crippen molar-refractivity contribution in [1.82, 2.24) is 9.55 Å². The van der Waals surface area contributed by atoms with Crippen molar-refractivity contribution in [2.24, 2.45) is 0 Å². The Morgan fingerprint density at radius 1 is 1.43 bits per heavy atom. The van der Waals surface area contributed by atoms with Crippen molar-refractivity contribution in [3.05, 3.63) is 16.7 Å². The highest BCUT2D eigenvalue weighted by molar-refractivity contribution is 6.30. The number of fused-ring (bicyclic) bond motifs is 1. The highest BCUT2D eigenvalue weighted by Gasteiger charge is 2.23. The van der Waals surface area contributed by atoms with Gasteiger partial charge in [0.05, 0.1) is 12.2 Å². The number of aromatic nitrogens is 2. The largest absolute Gasteiger partial charge is 0.311 e. The quantitative estimate of drug-likeness (QED) is 0.715. The monoisotopic (exact) mass is 212 g/mol. The average molecular weight is 213 g/mol. The molecule has 0 aliphatic carbocycles. The normalized spacial score (nSPS) is 16.1. The Bertz CT molecular complexity index is 382. The number of nitrogens with zero attached hydrogens (tertiary/aromatic N) is 2. The Morgan fingerprint density at radius 3 is 2.79 bits per heavy atom. The maximum Gasteiger partial charge on any atom is 0.153 e. The molecule has 0 saturated carbocycles. The molecule has 0 aromatic carbocycles. The summed E-state index contributed by atoms with van der Waals surface area (Å²) in [7, 11) is 0. The number of ketones is 1. The summed E-state index contributed by atoms with van der Waals surface area (Å²) >= 11 is 6.15. The van der Waals surface area contributed by atoms with Crippen LogP contribution in [0.2, 0.25) is 5.15 Å². The lowest BCUT2D eigenvalue weighted by Gasteiger charge is -2.12. The van der Waals surface area contributed by atoms with Gasteiger partial charge < -0.3 is 4.57 Å². The van der Waals surface area contributed by atoms with Crippen LogP contribution < -0.4 is 0 Å². The third-order valence-electron chi connectivity index (χ3n) is 2.52. The Morgan fingerprint density at radius 2 is 2.14 bits per heavy atom. The van der Waals surface area contributed by atoms with E-state index >= 15 is 0 Å². The Hall–Kier alpha value is -0.830. The number of halogens is 1. The molecule has 1 aromatic heterocycles. The molecule has 2 rings (SSSR count). The van der Waals surface area contributed by atoms with E-state index in [-0.39, 0.29) is 5.78 Å². The van der Waals surface area contributed by atoms with Crippen LogP contribution in [0.15, 0.2) is 0 Å². The third kappa shape index (κ3) is 1.46. The fraction of sp³-hybridized carbons (Fsp3) is 0.600. The highest BCUT2D eigenvalue weighted by atomic mass is 35.5. The van der Waals surface area contributed by atoms with Crippen molar-refractivity contribution in [3.63, 3.8) is 0 Å². The molecule has 76 valence electrons. The Kier molecular flexibility index (Phi) is 2.35. The number of carbonyl (C=O) groups excluding carboxylic acids is 1. The van der Waals surface area contributed by atoms with Gasteiger partial charge in [0, 0.05) is 12.8 Å². The van der Waals surface area contributed by atoms with Crippen molar-refractivity contribution in [3.8, 4) is 0 Å². The van der Waals surface area contributed by atoms with E-state index in [1.54, 1.807) is 0 Å². The van der Waals surface area contributed by atoms with Gasteiger partial charge in [0.2, 0.25) is 0 Å². The van der Waals surface area contributed by atoms with Crippen molar-refractivity contribution < 1.29 is 4.79 Å². The van der Waals surface area contributed by atoms with Crippen LogP contribution in [-0.4, -0.2) is 15.3 Å². The number of imidazole rings is 1. The van der Waals surface area contributed by atoms with Crippen LogP contribution in [0, 0.1) is 0 Å². The van der Waals surface area contributed by atoms with Gasteiger partial charge in [0.1, 0.15) is 11.0 Å². The molecule has 0 unspecified atom stereocenters. The van der Waals surface area contributed by atoms with Gasteiger partial charge in [-0.25, -0.2) is 4.98 Å². The standard InChI is InChI=1S/C10H13ClN2O/c1-6(2)9-10(11)13-5-7(14)3-4-8(13)12-9/h6H,3-5H2,1-2H3. The van der Waals surface area contributed by atoms with Crippen LogP contribution in [0.5, 0.6) is 0 Å². The summed E-state index contributed by atoms with van der Waals surface area (Å²) in [5.41, 5.74) is 0.913. The number of carbonyl (C=O) groups is 1. The molecule has 0 N–H and O–H groups in total. The predicted molar refractivity (Wildman–Crippen MR) is 54.7 cm³/mol. The van der Waals surface area contributed by atoms with Gasteiger partial charge in [-0.2, -0.15) is 0 Å². The van der Waals surface area contributed by atoms with E-state index in [9.17, 15) is 4.79 Å². The van der Waals surface area contributed by atoms with E-state index in [0.29, 0.717) is 24.0 Å². The fourth-order valence-corrected chi connectivity index (χ4v) is 2.14. The molecule has 4 heteroatoms. The van der Waals surface area contributed by atoms with Crippen LogP contribution in [0.4, 0.5) is 0 Å². The van der Waals surface area contributed by atoms with Gasteiger partial charge in [0.25, 0.3) is 0 Å². The van der Waals surface area contributed by atoms with Crippen LogP contribution in [0.3, 0.4) is 0 Å². The first-order valence-electron chi connectivity index (χ1n) is 4.86. The molecule has 14 heavy (non-hydrogen) atoms. The molecular formula is C10H13ClN2O. The number of hydrogen-bond acceptors (Lipinski definition) is 2. The topological polar surface area (TPSA) is 34.9 Å². The van der Waals surface area contributed by atoms with Crippen molar-refractivity contribution in [1.29, 1.82) is 0 Å². The SMILES string of the molecule is CC(C)c1nc2n(c1Cl)CC(=O)CC2. The molecule has 0 radical (unpaired) electrons. The number of aryl methyl sites for hydroxylation is 1. The van der Waals surface area contributed by atoms with Crippen LogP contribution in [0.25, 0.3) is 0 Å². The Labute approximate surface area is 88.1 Å². The van der Waals surface area contributed by atoms with E-state index in [1.165, 1.54) is 0 Å². The summed E-state index contributed by atoms with van der Waals surface area (Å²) in [6.45, 7) is 4.51. The summed E-state index contributed by atoms with van der Waals surface area (Å²) in [5.74, 6) is 1.51. The van der Waals surface area contributed by atoms with Gasteiger partial charge in [-0.15, -0.1) is 0 Å². The molecule has 0 bridgehead atoms. The average Bonchev–Trinajstić information content (AvgIpc) is 2.44. The number of rotatable bonds is 1. The minimum Gasteiger partial charge on any atom is -0.311 e.